The minimum atomic E-state index is -0.393. The van der Waals surface area contributed by atoms with Gasteiger partial charge in [0.25, 0.3) is 0 Å². The highest BCUT2D eigenvalue weighted by atomic mass is 79.9. The van der Waals surface area contributed by atoms with Gasteiger partial charge in [0.1, 0.15) is 5.82 Å². The highest BCUT2D eigenvalue weighted by molar-refractivity contribution is 9.10. The minimum absolute atomic E-state index is 0.285. The Morgan fingerprint density at radius 2 is 2.21 bits per heavy atom. The van der Waals surface area contributed by atoms with Crippen molar-refractivity contribution in [2.24, 2.45) is 0 Å². The van der Waals surface area contributed by atoms with Gasteiger partial charge in [0.2, 0.25) is 0 Å². The molecule has 1 heterocycles. The summed E-state index contributed by atoms with van der Waals surface area (Å²) in [6.07, 6.45) is 3.05. The van der Waals surface area contributed by atoms with E-state index in [9.17, 15) is 9.18 Å². The van der Waals surface area contributed by atoms with Gasteiger partial charge in [0.05, 0.1) is 10.2 Å². The largest absolute Gasteiger partial charge is 0.330 e. The van der Waals surface area contributed by atoms with E-state index in [4.69, 9.17) is 0 Å². The Labute approximate surface area is 87.3 Å². The first-order chi connectivity index (χ1) is 6.68. The van der Waals surface area contributed by atoms with Crippen molar-refractivity contribution in [2.45, 2.75) is 0 Å². The number of aromatic nitrogens is 2. The Morgan fingerprint density at radius 3 is 2.79 bits per heavy atom. The lowest BCUT2D eigenvalue weighted by molar-refractivity contribution is 0.619. The molecule has 14 heavy (non-hydrogen) atoms. The van der Waals surface area contributed by atoms with Crippen LogP contribution in [0, 0.1) is 5.82 Å². The van der Waals surface area contributed by atoms with Gasteiger partial charge in [-0.05, 0) is 34.1 Å². The number of benzene rings is 1. The van der Waals surface area contributed by atoms with Crippen LogP contribution in [-0.2, 0) is 0 Å². The topological polar surface area (TPSA) is 37.8 Å². The number of hydrogen-bond acceptors (Lipinski definition) is 1. The zero-order valence-electron chi connectivity index (χ0n) is 7.00. The molecule has 0 atom stereocenters. The first-order valence-electron chi connectivity index (χ1n) is 3.90. The molecule has 0 bridgehead atoms. The molecule has 0 spiro atoms. The van der Waals surface area contributed by atoms with Gasteiger partial charge in [-0.1, -0.05) is 0 Å². The summed E-state index contributed by atoms with van der Waals surface area (Å²) < 4.78 is 14.8. The third-order valence-electron chi connectivity index (χ3n) is 1.83. The summed E-state index contributed by atoms with van der Waals surface area (Å²) in [4.78, 5) is 13.7. The fraction of sp³-hybridized carbons (Fsp3) is 0. The van der Waals surface area contributed by atoms with Gasteiger partial charge in [-0.3, -0.25) is 4.57 Å². The fourth-order valence-electron chi connectivity index (χ4n) is 1.16. The number of hydrogen-bond donors (Lipinski definition) is 1. The molecule has 0 aliphatic carbocycles. The number of H-pyrrole nitrogens is 1. The number of halogens is 2. The van der Waals surface area contributed by atoms with Crippen molar-refractivity contribution in [3.63, 3.8) is 0 Å². The molecular formula is C9H6BrFN2O. The van der Waals surface area contributed by atoms with E-state index in [-0.39, 0.29) is 5.69 Å². The predicted molar refractivity (Wildman–Crippen MR) is 54.0 cm³/mol. The molecule has 0 radical (unpaired) electrons. The number of nitrogens with zero attached hydrogens (tertiary/aromatic N) is 1. The Balaban J connectivity index is 2.59. The lowest BCUT2D eigenvalue weighted by Gasteiger charge is -2.01. The molecule has 2 rings (SSSR count). The molecule has 1 aromatic carbocycles. The van der Waals surface area contributed by atoms with Crippen molar-refractivity contribution in [2.75, 3.05) is 0 Å². The Kier molecular flexibility index (Phi) is 2.25. The highest BCUT2D eigenvalue weighted by Crippen LogP contribution is 2.17. The van der Waals surface area contributed by atoms with Crippen molar-refractivity contribution < 1.29 is 4.39 Å². The van der Waals surface area contributed by atoms with E-state index < -0.39 is 5.82 Å². The molecule has 3 nitrogen and oxygen atoms in total. The van der Waals surface area contributed by atoms with Gasteiger partial charge < -0.3 is 4.98 Å². The molecule has 0 saturated heterocycles. The van der Waals surface area contributed by atoms with Crippen LogP contribution in [-0.4, -0.2) is 9.55 Å². The molecule has 5 heteroatoms. The normalized spacial score (nSPS) is 10.4. The Morgan fingerprint density at radius 1 is 1.43 bits per heavy atom. The van der Waals surface area contributed by atoms with Gasteiger partial charge in [0.15, 0.2) is 0 Å². The summed E-state index contributed by atoms with van der Waals surface area (Å²) in [5, 5.41) is 0. The second-order valence-corrected chi connectivity index (χ2v) is 3.59. The van der Waals surface area contributed by atoms with Gasteiger partial charge in [-0.2, -0.15) is 0 Å². The molecule has 0 amide bonds. The summed E-state index contributed by atoms with van der Waals surface area (Å²) in [5.41, 5.74) is 0.212. The van der Waals surface area contributed by atoms with E-state index in [0.717, 1.165) is 0 Å². The molecule has 2 aromatic rings. The van der Waals surface area contributed by atoms with E-state index in [1.165, 1.54) is 16.8 Å². The number of imidazole rings is 1. The van der Waals surface area contributed by atoms with Crippen molar-refractivity contribution in [1.82, 2.24) is 9.55 Å². The number of nitrogens with one attached hydrogen (secondary N) is 1. The second kappa shape index (κ2) is 3.42. The van der Waals surface area contributed by atoms with Crippen LogP contribution in [0.2, 0.25) is 0 Å². The highest BCUT2D eigenvalue weighted by Gasteiger charge is 2.03. The molecule has 1 N–H and O–H groups in total. The summed E-state index contributed by atoms with van der Waals surface area (Å²) in [6, 6.07) is 4.51. The van der Waals surface area contributed by atoms with Crippen LogP contribution in [0.15, 0.2) is 39.9 Å². The van der Waals surface area contributed by atoms with Crippen molar-refractivity contribution in [1.29, 1.82) is 0 Å². The van der Waals surface area contributed by atoms with E-state index in [2.05, 4.69) is 20.9 Å². The van der Waals surface area contributed by atoms with Gasteiger partial charge >= 0.3 is 5.69 Å². The zero-order valence-corrected chi connectivity index (χ0v) is 8.58. The lowest BCUT2D eigenvalue weighted by atomic mass is 10.3. The van der Waals surface area contributed by atoms with E-state index >= 15 is 0 Å². The van der Waals surface area contributed by atoms with Crippen LogP contribution in [0.5, 0.6) is 0 Å². The molecule has 0 aliphatic rings. The molecule has 0 unspecified atom stereocenters. The van der Waals surface area contributed by atoms with E-state index in [0.29, 0.717) is 10.2 Å². The minimum Gasteiger partial charge on any atom is -0.312 e. The van der Waals surface area contributed by atoms with Crippen LogP contribution >= 0.6 is 15.9 Å². The van der Waals surface area contributed by atoms with E-state index in [1.54, 1.807) is 18.3 Å². The lowest BCUT2D eigenvalue weighted by Crippen LogP contribution is -2.13. The average molecular weight is 257 g/mol. The smallest absolute Gasteiger partial charge is 0.312 e. The Hall–Kier alpha value is -1.36. The molecule has 0 fully saturated rings. The summed E-state index contributed by atoms with van der Waals surface area (Å²) >= 11 is 3.04. The maximum Gasteiger partial charge on any atom is 0.330 e. The van der Waals surface area contributed by atoms with Crippen LogP contribution < -0.4 is 5.69 Å². The fourth-order valence-corrected chi connectivity index (χ4v) is 1.41. The standard InChI is InChI=1S/C9H6BrFN2O/c10-7-2-1-6(5-8(7)11)13-4-3-12-9(13)14/h1-5H,(H,12,14). The monoisotopic (exact) mass is 256 g/mol. The molecule has 0 saturated carbocycles. The average Bonchev–Trinajstić information content (AvgIpc) is 2.57. The third-order valence-corrected chi connectivity index (χ3v) is 2.47. The van der Waals surface area contributed by atoms with E-state index in [1.807, 2.05) is 0 Å². The Bertz CT molecular complexity index is 518. The van der Waals surface area contributed by atoms with Crippen LogP contribution in [0.4, 0.5) is 4.39 Å². The van der Waals surface area contributed by atoms with Crippen LogP contribution in [0.1, 0.15) is 0 Å². The van der Waals surface area contributed by atoms with Gasteiger partial charge in [-0.25, -0.2) is 9.18 Å². The van der Waals surface area contributed by atoms with Crippen LogP contribution in [0.25, 0.3) is 5.69 Å². The maximum atomic E-state index is 13.1. The third kappa shape index (κ3) is 1.50. The summed E-state index contributed by atoms with van der Waals surface area (Å²) in [7, 11) is 0. The SMILES string of the molecule is O=c1[nH]ccn1-c1ccc(Br)c(F)c1. The molecule has 1 aromatic heterocycles. The second-order valence-electron chi connectivity index (χ2n) is 2.73. The number of rotatable bonds is 1. The maximum absolute atomic E-state index is 13.1. The zero-order chi connectivity index (χ0) is 10.1. The van der Waals surface area contributed by atoms with Crippen molar-refractivity contribution in [3.05, 3.63) is 51.4 Å². The number of aromatic amines is 1. The van der Waals surface area contributed by atoms with Crippen molar-refractivity contribution in [3.8, 4) is 5.69 Å². The molecule has 0 aliphatic heterocycles. The van der Waals surface area contributed by atoms with Gasteiger partial charge in [0, 0.05) is 12.4 Å². The first-order valence-corrected chi connectivity index (χ1v) is 4.69. The van der Waals surface area contributed by atoms with Gasteiger partial charge in [-0.15, -0.1) is 0 Å². The predicted octanol–water partition coefficient (Wildman–Crippen LogP) is 2.07. The summed E-state index contributed by atoms with van der Waals surface area (Å²) in [6.45, 7) is 0. The summed E-state index contributed by atoms with van der Waals surface area (Å²) in [5.74, 6) is -0.393. The molecule has 72 valence electrons. The van der Waals surface area contributed by atoms with Crippen LogP contribution in [0.3, 0.4) is 0 Å². The first kappa shape index (κ1) is 9.21. The van der Waals surface area contributed by atoms with Crippen molar-refractivity contribution >= 4 is 15.9 Å². The quantitative estimate of drug-likeness (QED) is 0.834. The molecular weight excluding hydrogens is 251 g/mol.